The Bertz CT molecular complexity index is 1350. The lowest BCUT2D eigenvalue weighted by molar-refractivity contribution is -0.132. The van der Waals surface area contributed by atoms with E-state index in [2.05, 4.69) is 9.97 Å². The molecule has 33 heavy (non-hydrogen) atoms. The zero-order chi connectivity index (χ0) is 23.4. The molecule has 0 aliphatic rings. The van der Waals surface area contributed by atoms with Crippen LogP contribution >= 0.6 is 11.6 Å². The van der Waals surface area contributed by atoms with Crippen molar-refractivity contribution >= 4 is 28.4 Å². The second-order valence-electron chi connectivity index (χ2n) is 7.74. The molecule has 0 fully saturated rings. The van der Waals surface area contributed by atoms with E-state index in [4.69, 9.17) is 16.0 Å². The van der Waals surface area contributed by atoms with Gasteiger partial charge in [0.25, 0.3) is 5.56 Å². The first-order valence-corrected chi connectivity index (χ1v) is 11.1. The van der Waals surface area contributed by atoms with Gasteiger partial charge in [0.05, 0.1) is 23.0 Å². The molecule has 2 aromatic heterocycles. The molecular formula is C25H23ClFN3O3. The molecular weight excluding hydrogens is 445 g/mol. The van der Waals surface area contributed by atoms with Gasteiger partial charge in [-0.05, 0) is 48.9 Å². The Labute approximate surface area is 195 Å². The quantitative estimate of drug-likeness (QED) is 0.379. The van der Waals surface area contributed by atoms with Gasteiger partial charge in [0.1, 0.15) is 23.2 Å². The maximum Gasteiger partial charge on any atom is 0.258 e. The summed E-state index contributed by atoms with van der Waals surface area (Å²) in [6, 6.07) is 14.7. The molecule has 4 rings (SSSR count). The van der Waals surface area contributed by atoms with Crippen LogP contribution < -0.4 is 5.56 Å². The first-order chi connectivity index (χ1) is 15.9. The van der Waals surface area contributed by atoms with E-state index in [1.165, 1.54) is 6.07 Å². The summed E-state index contributed by atoms with van der Waals surface area (Å²) in [4.78, 5) is 34.2. The van der Waals surface area contributed by atoms with Gasteiger partial charge in [-0.2, -0.15) is 0 Å². The van der Waals surface area contributed by atoms with E-state index in [0.29, 0.717) is 51.8 Å². The summed E-state index contributed by atoms with van der Waals surface area (Å²) in [5.74, 6) is 0.982. The predicted molar refractivity (Wildman–Crippen MR) is 126 cm³/mol. The van der Waals surface area contributed by atoms with Crippen LogP contribution in [0, 0.1) is 5.82 Å². The van der Waals surface area contributed by atoms with Crippen molar-refractivity contribution in [2.75, 3.05) is 6.54 Å². The van der Waals surface area contributed by atoms with Crippen LogP contribution in [0.5, 0.6) is 0 Å². The van der Waals surface area contributed by atoms with Crippen molar-refractivity contribution in [3.63, 3.8) is 0 Å². The maximum absolute atomic E-state index is 14.0. The van der Waals surface area contributed by atoms with Crippen molar-refractivity contribution in [2.24, 2.45) is 0 Å². The minimum Gasteiger partial charge on any atom is -0.461 e. The van der Waals surface area contributed by atoms with E-state index in [1.54, 1.807) is 53.4 Å². The van der Waals surface area contributed by atoms with Gasteiger partial charge in [-0.15, -0.1) is 0 Å². The molecule has 4 aromatic rings. The lowest BCUT2D eigenvalue weighted by atomic mass is 10.1. The van der Waals surface area contributed by atoms with Crippen molar-refractivity contribution < 1.29 is 13.6 Å². The molecule has 0 radical (unpaired) electrons. The Morgan fingerprint density at radius 2 is 2.00 bits per heavy atom. The third kappa shape index (κ3) is 5.31. The van der Waals surface area contributed by atoms with Crippen molar-refractivity contribution in [2.45, 2.75) is 32.7 Å². The number of amides is 1. The monoisotopic (exact) mass is 467 g/mol. The van der Waals surface area contributed by atoms with Crippen molar-refractivity contribution in [3.05, 3.63) is 87.4 Å². The second kappa shape index (κ2) is 10.0. The van der Waals surface area contributed by atoms with Gasteiger partial charge >= 0.3 is 0 Å². The largest absolute Gasteiger partial charge is 0.461 e. The highest BCUT2D eigenvalue weighted by Crippen LogP contribution is 2.25. The van der Waals surface area contributed by atoms with Gasteiger partial charge in [-0.1, -0.05) is 30.7 Å². The topological polar surface area (TPSA) is 79.2 Å². The molecule has 1 N–H and O–H groups in total. The van der Waals surface area contributed by atoms with E-state index < -0.39 is 0 Å². The van der Waals surface area contributed by atoms with Crippen LogP contribution in [0.25, 0.3) is 22.2 Å². The van der Waals surface area contributed by atoms with E-state index in [9.17, 15) is 14.0 Å². The van der Waals surface area contributed by atoms with Crippen LogP contribution in [0.3, 0.4) is 0 Å². The van der Waals surface area contributed by atoms with Crippen LogP contribution in [0.2, 0.25) is 5.02 Å². The molecule has 0 spiro atoms. The summed E-state index contributed by atoms with van der Waals surface area (Å²) in [5, 5.41) is 0.932. The molecule has 0 unspecified atom stereocenters. The number of halogens is 2. The molecule has 8 heteroatoms. The number of furan rings is 1. The summed E-state index contributed by atoms with van der Waals surface area (Å²) in [6.45, 7) is 2.68. The van der Waals surface area contributed by atoms with Gasteiger partial charge in [0.2, 0.25) is 5.91 Å². The molecule has 2 aromatic carbocycles. The molecule has 2 heterocycles. The van der Waals surface area contributed by atoms with E-state index in [0.717, 1.165) is 6.42 Å². The fourth-order valence-electron chi connectivity index (χ4n) is 3.68. The van der Waals surface area contributed by atoms with Gasteiger partial charge in [0, 0.05) is 24.4 Å². The van der Waals surface area contributed by atoms with E-state index >= 15 is 0 Å². The minimum absolute atomic E-state index is 0.0884. The SMILES string of the molecule is CCCN(Cc1nc2cc(Cl)ccc2c(=O)[nH]1)C(=O)CCc1ccc(-c2ccccc2F)o1. The smallest absolute Gasteiger partial charge is 0.258 e. The minimum atomic E-state index is -0.359. The molecule has 0 aliphatic heterocycles. The highest BCUT2D eigenvalue weighted by Gasteiger charge is 2.17. The number of fused-ring (bicyclic) bond motifs is 1. The Balaban J connectivity index is 1.45. The molecule has 6 nitrogen and oxygen atoms in total. The number of hydrogen-bond acceptors (Lipinski definition) is 4. The van der Waals surface area contributed by atoms with Gasteiger partial charge < -0.3 is 14.3 Å². The van der Waals surface area contributed by atoms with Crippen LogP contribution in [0.15, 0.2) is 63.8 Å². The summed E-state index contributed by atoms with van der Waals surface area (Å²) >= 11 is 6.03. The second-order valence-corrected chi connectivity index (χ2v) is 8.17. The molecule has 0 aliphatic carbocycles. The normalized spacial score (nSPS) is 11.1. The number of H-pyrrole nitrogens is 1. The fourth-order valence-corrected chi connectivity index (χ4v) is 3.85. The van der Waals surface area contributed by atoms with Gasteiger partial charge in [-0.25, -0.2) is 9.37 Å². The Morgan fingerprint density at radius 3 is 2.79 bits per heavy atom. The zero-order valence-corrected chi connectivity index (χ0v) is 18.9. The Morgan fingerprint density at radius 1 is 1.18 bits per heavy atom. The third-order valence-electron chi connectivity index (χ3n) is 5.29. The number of carbonyl (C=O) groups excluding carboxylic acids is 1. The summed E-state index contributed by atoms with van der Waals surface area (Å²) in [6.07, 6.45) is 1.35. The highest BCUT2D eigenvalue weighted by atomic mass is 35.5. The van der Waals surface area contributed by atoms with Crippen LogP contribution in [-0.4, -0.2) is 27.3 Å². The average molecular weight is 468 g/mol. The number of rotatable bonds is 8. The molecule has 0 bridgehead atoms. The lowest BCUT2D eigenvalue weighted by Crippen LogP contribution is -2.33. The van der Waals surface area contributed by atoms with Crippen LogP contribution in [0.1, 0.15) is 31.4 Å². The molecule has 0 saturated carbocycles. The first-order valence-electron chi connectivity index (χ1n) is 10.7. The highest BCUT2D eigenvalue weighted by molar-refractivity contribution is 6.31. The summed E-state index contributed by atoms with van der Waals surface area (Å²) in [5.41, 5.74) is 0.599. The van der Waals surface area contributed by atoms with Crippen LogP contribution in [0.4, 0.5) is 4.39 Å². The zero-order valence-electron chi connectivity index (χ0n) is 18.1. The molecule has 0 saturated heterocycles. The molecule has 170 valence electrons. The number of nitrogens with one attached hydrogen (secondary N) is 1. The van der Waals surface area contributed by atoms with E-state index in [1.807, 2.05) is 6.92 Å². The number of aromatic amines is 1. The van der Waals surface area contributed by atoms with Crippen LogP contribution in [-0.2, 0) is 17.8 Å². The first kappa shape index (κ1) is 22.7. The molecule has 1 amide bonds. The van der Waals surface area contributed by atoms with Gasteiger partial charge in [-0.3, -0.25) is 9.59 Å². The van der Waals surface area contributed by atoms with Crippen molar-refractivity contribution in [3.8, 4) is 11.3 Å². The predicted octanol–water partition coefficient (Wildman–Crippen LogP) is 5.35. The third-order valence-corrected chi connectivity index (χ3v) is 5.53. The number of benzene rings is 2. The Hall–Kier alpha value is -3.45. The summed E-state index contributed by atoms with van der Waals surface area (Å²) < 4.78 is 19.7. The number of nitrogens with zero attached hydrogens (tertiary/aromatic N) is 2. The van der Waals surface area contributed by atoms with Crippen molar-refractivity contribution in [1.82, 2.24) is 14.9 Å². The number of hydrogen-bond donors (Lipinski definition) is 1. The summed E-state index contributed by atoms with van der Waals surface area (Å²) in [7, 11) is 0. The molecule has 0 atom stereocenters. The average Bonchev–Trinajstić information content (AvgIpc) is 3.26. The number of carbonyl (C=O) groups is 1. The number of aryl methyl sites for hydroxylation is 1. The van der Waals surface area contributed by atoms with Crippen molar-refractivity contribution in [1.29, 1.82) is 0 Å². The standard InChI is InChI=1S/C25H23ClFN3O3/c1-2-13-30(15-23-28-21-14-16(26)7-10-19(21)25(32)29-23)24(31)12-9-17-8-11-22(33-17)18-5-3-4-6-20(18)27/h3-8,10-11,14H,2,9,12-13,15H2,1H3,(H,28,29,32). The maximum atomic E-state index is 14.0. The number of aromatic nitrogens is 2. The van der Waals surface area contributed by atoms with Gasteiger partial charge in [0.15, 0.2) is 0 Å². The lowest BCUT2D eigenvalue weighted by Gasteiger charge is -2.21. The fraction of sp³-hybridized carbons (Fsp3) is 0.240. The van der Waals surface area contributed by atoms with E-state index in [-0.39, 0.29) is 30.2 Å². The Kier molecular flexibility index (Phi) is 6.89.